The third-order valence-corrected chi connectivity index (χ3v) is 2.60. The van der Waals surface area contributed by atoms with Crippen LogP contribution in [0.4, 0.5) is 0 Å². The van der Waals surface area contributed by atoms with Crippen molar-refractivity contribution in [1.29, 1.82) is 0 Å². The predicted molar refractivity (Wildman–Crippen MR) is 48.3 cm³/mol. The molecule has 0 aromatic heterocycles. The van der Waals surface area contributed by atoms with Crippen molar-refractivity contribution in [1.82, 2.24) is 5.32 Å². The summed E-state index contributed by atoms with van der Waals surface area (Å²) in [6.45, 7) is 0. The number of nitrogens with one attached hydrogen (secondary N) is 1. The molecule has 1 saturated carbocycles. The van der Waals surface area contributed by atoms with Crippen LogP contribution >= 0.6 is 0 Å². The van der Waals surface area contributed by atoms with Gasteiger partial charge in [0.15, 0.2) is 0 Å². The molecule has 1 nitrogen and oxygen atoms in total. The quantitative estimate of drug-likeness (QED) is 0.593. The zero-order valence-corrected chi connectivity index (χ0v) is 7.27. The van der Waals surface area contributed by atoms with Crippen molar-refractivity contribution < 1.29 is 0 Å². The van der Waals surface area contributed by atoms with Crippen molar-refractivity contribution >= 4 is 0 Å². The van der Waals surface area contributed by atoms with E-state index in [0.717, 1.165) is 18.4 Å². The smallest absolute Gasteiger partial charge is 0.0115 e. The van der Waals surface area contributed by atoms with Gasteiger partial charge in [-0.1, -0.05) is 6.42 Å². The molecule has 0 aliphatic heterocycles. The predicted octanol–water partition coefficient (Wildman–Crippen LogP) is 1.79. The summed E-state index contributed by atoms with van der Waals surface area (Å²) in [5, 5.41) is 3.32. The van der Waals surface area contributed by atoms with Gasteiger partial charge < -0.3 is 5.32 Å². The Balaban J connectivity index is 2.28. The van der Waals surface area contributed by atoms with E-state index >= 15 is 0 Å². The van der Waals surface area contributed by atoms with Gasteiger partial charge in [-0.05, 0) is 32.2 Å². The highest BCUT2D eigenvalue weighted by molar-refractivity contribution is 4.89. The number of hydrogen-bond acceptors (Lipinski definition) is 1. The van der Waals surface area contributed by atoms with Crippen LogP contribution in [-0.2, 0) is 0 Å². The zero-order valence-electron chi connectivity index (χ0n) is 7.27. The fraction of sp³-hybridized carbons (Fsp3) is 0.800. The maximum absolute atomic E-state index is 5.28. The van der Waals surface area contributed by atoms with E-state index in [9.17, 15) is 0 Å². The standard InChI is InChI=1S/C10H17N/c1-3-5-9-6-4-7-10(8-9)11-2/h1,9-11H,4-8H2,2H3. The molecule has 1 rings (SSSR count). The van der Waals surface area contributed by atoms with Crippen LogP contribution in [-0.4, -0.2) is 13.1 Å². The minimum absolute atomic E-state index is 0.724. The lowest BCUT2D eigenvalue weighted by Crippen LogP contribution is -2.31. The maximum atomic E-state index is 5.28. The van der Waals surface area contributed by atoms with Crippen LogP contribution in [0, 0.1) is 18.3 Å². The van der Waals surface area contributed by atoms with E-state index in [4.69, 9.17) is 6.42 Å². The molecule has 0 aromatic rings. The van der Waals surface area contributed by atoms with Crippen molar-refractivity contribution in [2.75, 3.05) is 7.05 Å². The molecule has 2 atom stereocenters. The van der Waals surface area contributed by atoms with Gasteiger partial charge in [0.2, 0.25) is 0 Å². The van der Waals surface area contributed by atoms with Gasteiger partial charge in [0, 0.05) is 12.5 Å². The summed E-state index contributed by atoms with van der Waals surface area (Å²) < 4.78 is 0. The molecule has 62 valence electrons. The average molecular weight is 151 g/mol. The molecule has 1 fully saturated rings. The summed E-state index contributed by atoms with van der Waals surface area (Å²) in [6, 6.07) is 0.724. The third-order valence-electron chi connectivity index (χ3n) is 2.60. The Kier molecular flexibility index (Phi) is 3.45. The first-order valence-corrected chi connectivity index (χ1v) is 4.47. The summed E-state index contributed by atoms with van der Waals surface area (Å²) in [7, 11) is 2.04. The topological polar surface area (TPSA) is 12.0 Å². The minimum Gasteiger partial charge on any atom is -0.317 e. The molecular weight excluding hydrogens is 134 g/mol. The molecule has 11 heavy (non-hydrogen) atoms. The molecule has 1 aliphatic carbocycles. The largest absolute Gasteiger partial charge is 0.317 e. The van der Waals surface area contributed by atoms with E-state index in [1.54, 1.807) is 0 Å². The lowest BCUT2D eigenvalue weighted by Gasteiger charge is -2.27. The van der Waals surface area contributed by atoms with E-state index in [2.05, 4.69) is 11.2 Å². The van der Waals surface area contributed by atoms with Crippen LogP contribution in [0.5, 0.6) is 0 Å². The number of terminal acetylenes is 1. The van der Waals surface area contributed by atoms with Gasteiger partial charge in [-0.2, -0.15) is 0 Å². The molecule has 0 aromatic carbocycles. The lowest BCUT2D eigenvalue weighted by atomic mass is 9.84. The Morgan fingerprint density at radius 1 is 1.55 bits per heavy atom. The normalized spacial score (nSPS) is 31.3. The van der Waals surface area contributed by atoms with Crippen LogP contribution in [0.3, 0.4) is 0 Å². The fourth-order valence-corrected chi connectivity index (χ4v) is 1.91. The first kappa shape index (κ1) is 8.62. The van der Waals surface area contributed by atoms with Gasteiger partial charge in [0.25, 0.3) is 0 Å². The summed E-state index contributed by atoms with van der Waals surface area (Å²) >= 11 is 0. The number of rotatable bonds is 2. The van der Waals surface area contributed by atoms with Crippen molar-refractivity contribution in [3.63, 3.8) is 0 Å². The molecule has 0 spiro atoms. The molecule has 1 N–H and O–H groups in total. The second kappa shape index (κ2) is 4.41. The molecule has 1 aliphatic rings. The summed E-state index contributed by atoms with van der Waals surface area (Å²) in [6.07, 6.45) is 11.5. The van der Waals surface area contributed by atoms with Gasteiger partial charge in [0.1, 0.15) is 0 Å². The van der Waals surface area contributed by atoms with Crippen LogP contribution in [0.15, 0.2) is 0 Å². The third kappa shape index (κ3) is 2.55. The van der Waals surface area contributed by atoms with E-state index in [1.165, 1.54) is 25.7 Å². The fourth-order valence-electron chi connectivity index (χ4n) is 1.91. The monoisotopic (exact) mass is 151 g/mol. The molecule has 0 radical (unpaired) electrons. The molecule has 0 amide bonds. The Bertz CT molecular complexity index is 145. The summed E-state index contributed by atoms with van der Waals surface area (Å²) in [5.41, 5.74) is 0. The van der Waals surface area contributed by atoms with Crippen LogP contribution in [0.25, 0.3) is 0 Å². The molecule has 0 heterocycles. The SMILES string of the molecule is C#CCC1CCCC(NC)C1. The Hall–Kier alpha value is -0.480. The van der Waals surface area contributed by atoms with Gasteiger partial charge in [0.05, 0.1) is 0 Å². The lowest BCUT2D eigenvalue weighted by molar-refractivity contribution is 0.300. The van der Waals surface area contributed by atoms with E-state index in [-0.39, 0.29) is 0 Å². The highest BCUT2D eigenvalue weighted by atomic mass is 14.9. The Labute approximate surface area is 69.6 Å². The first-order chi connectivity index (χ1) is 5.36. The summed E-state index contributed by atoms with van der Waals surface area (Å²) in [4.78, 5) is 0. The van der Waals surface area contributed by atoms with Crippen LogP contribution in [0.2, 0.25) is 0 Å². The second-order valence-corrected chi connectivity index (χ2v) is 3.43. The zero-order chi connectivity index (χ0) is 8.10. The maximum Gasteiger partial charge on any atom is 0.0115 e. The molecule has 0 bridgehead atoms. The highest BCUT2D eigenvalue weighted by Crippen LogP contribution is 2.25. The van der Waals surface area contributed by atoms with Gasteiger partial charge in [-0.15, -0.1) is 12.3 Å². The van der Waals surface area contributed by atoms with Crippen LogP contribution in [0.1, 0.15) is 32.1 Å². The number of hydrogen-bond donors (Lipinski definition) is 1. The highest BCUT2D eigenvalue weighted by Gasteiger charge is 2.19. The second-order valence-electron chi connectivity index (χ2n) is 3.43. The Morgan fingerprint density at radius 3 is 3.00 bits per heavy atom. The van der Waals surface area contributed by atoms with E-state index < -0.39 is 0 Å². The molecule has 2 unspecified atom stereocenters. The van der Waals surface area contributed by atoms with Crippen molar-refractivity contribution in [2.45, 2.75) is 38.1 Å². The van der Waals surface area contributed by atoms with E-state index in [0.29, 0.717) is 0 Å². The van der Waals surface area contributed by atoms with Crippen molar-refractivity contribution in [2.24, 2.45) is 5.92 Å². The van der Waals surface area contributed by atoms with Gasteiger partial charge in [-0.25, -0.2) is 0 Å². The van der Waals surface area contributed by atoms with E-state index in [1.807, 2.05) is 7.05 Å². The first-order valence-electron chi connectivity index (χ1n) is 4.47. The minimum atomic E-state index is 0.724. The van der Waals surface area contributed by atoms with Gasteiger partial charge >= 0.3 is 0 Å². The average Bonchev–Trinajstić information content (AvgIpc) is 2.06. The summed E-state index contributed by atoms with van der Waals surface area (Å²) in [5.74, 6) is 3.54. The molecule has 0 saturated heterocycles. The van der Waals surface area contributed by atoms with Crippen LogP contribution < -0.4 is 5.32 Å². The molecule has 1 heteroatoms. The Morgan fingerprint density at radius 2 is 2.36 bits per heavy atom. The molecular formula is C10H17N. The van der Waals surface area contributed by atoms with Crippen molar-refractivity contribution in [3.05, 3.63) is 0 Å². The van der Waals surface area contributed by atoms with Gasteiger partial charge in [-0.3, -0.25) is 0 Å². The van der Waals surface area contributed by atoms with Crippen molar-refractivity contribution in [3.8, 4) is 12.3 Å².